The molecule has 0 rings (SSSR count). The van der Waals surface area contributed by atoms with Crippen LogP contribution in [0.2, 0.25) is 0 Å². The minimum Gasteiger partial charge on any atom is -0.822 e. The second kappa shape index (κ2) is 34.3. The van der Waals surface area contributed by atoms with Gasteiger partial charge in [0.05, 0.1) is 73.9 Å². The first-order valence-electron chi connectivity index (χ1n) is 19.0. The van der Waals surface area contributed by atoms with Crippen LogP contribution in [0.4, 0.5) is 0 Å². The Morgan fingerprint density at radius 3 is 0.523 bits per heavy atom. The van der Waals surface area contributed by atoms with Crippen molar-refractivity contribution in [3.8, 4) is 0 Å². The second-order valence-corrected chi connectivity index (χ2v) is 28.3. The lowest BCUT2D eigenvalue weighted by atomic mass is 10.4. The van der Waals surface area contributed by atoms with Crippen LogP contribution in [0.15, 0.2) is 0 Å². The summed E-state index contributed by atoms with van der Waals surface area (Å²) in [4.78, 5) is 25.6. The van der Waals surface area contributed by atoms with E-state index in [1.54, 1.807) is 37.0 Å². The first-order chi connectivity index (χ1) is 20.7. The normalized spacial score (nSPS) is 12.0. The molecule has 0 unspecified atom stereocenters. The molecule has 8 heteroatoms. The van der Waals surface area contributed by atoms with E-state index in [-0.39, 0.29) is 0 Å². The van der Waals surface area contributed by atoms with Gasteiger partial charge in [-0.2, -0.15) is 7.82 Å². The van der Waals surface area contributed by atoms with Gasteiger partial charge in [0, 0.05) is 21.8 Å². The molecule has 0 spiro atoms. The molecule has 0 fully saturated rings. The fourth-order valence-corrected chi connectivity index (χ4v) is 17.6. The van der Waals surface area contributed by atoms with Gasteiger partial charge in [0.1, 0.15) is 0 Å². The van der Waals surface area contributed by atoms with Crippen LogP contribution in [0.5, 0.6) is 0 Å². The molecule has 0 aliphatic rings. The maximum absolute atomic E-state index is 8.55. The largest absolute Gasteiger partial charge is 0.822 e. The summed E-state index contributed by atoms with van der Waals surface area (Å²) in [6.45, 7) is 28.4. The summed E-state index contributed by atoms with van der Waals surface area (Å²) in [6, 6.07) is 0. The number of phosphoric acid groups is 1. The number of hydrogen-bond donors (Lipinski definition) is 0. The summed E-state index contributed by atoms with van der Waals surface area (Å²) in [7, 11) is -6.86. The van der Waals surface area contributed by atoms with E-state index in [1.807, 2.05) is 0 Å². The zero-order valence-corrected chi connectivity index (χ0v) is 36.0. The lowest BCUT2D eigenvalue weighted by Crippen LogP contribution is -2.24. The molecule has 0 radical (unpaired) electrons. The van der Waals surface area contributed by atoms with Crippen molar-refractivity contribution in [2.75, 3.05) is 73.9 Å². The molecule has 272 valence electrons. The predicted octanol–water partition coefficient (Wildman–Crippen LogP) is 11.1. The molecular weight excluding hydrogens is 620 g/mol. The third-order valence-corrected chi connectivity index (χ3v) is 25.6. The molecule has 0 amide bonds. The number of hydrogen-bond acceptors (Lipinski definition) is 4. The smallest absolute Gasteiger partial charge is 0.0594 e. The summed E-state index contributed by atoms with van der Waals surface area (Å²) >= 11 is 0. The molecule has 0 bridgehead atoms. The van der Waals surface area contributed by atoms with Gasteiger partial charge in [-0.3, -0.25) is 0 Å². The topological polar surface area (TPSA) is 86.2 Å². The van der Waals surface area contributed by atoms with Crippen LogP contribution in [0.25, 0.3) is 0 Å². The van der Waals surface area contributed by atoms with Crippen molar-refractivity contribution in [3.63, 3.8) is 0 Å². The molecule has 0 heterocycles. The molecule has 0 aliphatic heterocycles. The van der Waals surface area contributed by atoms with Gasteiger partial charge in [0.25, 0.3) is 0 Å². The highest BCUT2D eigenvalue weighted by Crippen LogP contribution is 2.60. The van der Waals surface area contributed by atoms with Crippen LogP contribution in [0.1, 0.15) is 160 Å². The van der Waals surface area contributed by atoms with Crippen molar-refractivity contribution in [2.45, 2.75) is 160 Å². The average molecular weight is 705 g/mol. The SMILES string of the molecule is CCCC[P+](CC)(CC)CCCC.CCCC[P+](CC)(CC)CCCC.CCCC[P+](CC)(CC)CCCC.O=P([O-])([O-])[O-]. The van der Waals surface area contributed by atoms with Crippen LogP contribution in [-0.2, 0) is 4.57 Å². The van der Waals surface area contributed by atoms with Gasteiger partial charge in [-0.1, -0.05) is 80.1 Å². The van der Waals surface area contributed by atoms with Crippen molar-refractivity contribution in [2.24, 2.45) is 0 Å². The van der Waals surface area contributed by atoms with Crippen LogP contribution >= 0.6 is 29.6 Å². The average Bonchev–Trinajstić information content (AvgIpc) is 3.02. The Morgan fingerprint density at radius 2 is 0.455 bits per heavy atom. The van der Waals surface area contributed by atoms with Crippen LogP contribution in [0.3, 0.4) is 0 Å². The fraction of sp³-hybridized carbons (Fsp3) is 1.00. The third kappa shape index (κ3) is 32.0. The lowest BCUT2D eigenvalue weighted by molar-refractivity contribution is -0.432. The summed E-state index contributed by atoms with van der Waals surface area (Å²) < 4.78 is 8.55. The van der Waals surface area contributed by atoms with Gasteiger partial charge in [-0.05, 0) is 80.1 Å². The first kappa shape index (κ1) is 52.2. The van der Waals surface area contributed by atoms with Crippen LogP contribution in [0, 0.1) is 0 Å². The maximum atomic E-state index is 8.55. The van der Waals surface area contributed by atoms with E-state index in [0.29, 0.717) is 0 Å². The van der Waals surface area contributed by atoms with Crippen molar-refractivity contribution in [3.05, 3.63) is 0 Å². The highest BCUT2D eigenvalue weighted by molar-refractivity contribution is 7.76. The molecule has 0 saturated heterocycles. The molecule has 0 aliphatic carbocycles. The lowest BCUT2D eigenvalue weighted by Gasteiger charge is -2.36. The molecule has 0 atom stereocenters. The highest BCUT2D eigenvalue weighted by Gasteiger charge is 2.32. The minimum atomic E-state index is -5.39. The second-order valence-electron chi connectivity index (χ2n) is 12.8. The van der Waals surface area contributed by atoms with Gasteiger partial charge in [-0.15, -0.1) is 0 Å². The van der Waals surface area contributed by atoms with Gasteiger partial charge >= 0.3 is 0 Å². The molecule has 0 aromatic rings. The van der Waals surface area contributed by atoms with Gasteiger partial charge in [0.15, 0.2) is 0 Å². The van der Waals surface area contributed by atoms with Gasteiger partial charge < -0.3 is 19.2 Å². The fourth-order valence-electron chi connectivity index (χ4n) is 5.86. The van der Waals surface area contributed by atoms with Gasteiger partial charge in [-0.25, -0.2) is 0 Å². The highest BCUT2D eigenvalue weighted by atomic mass is 31.2. The van der Waals surface area contributed by atoms with E-state index in [4.69, 9.17) is 19.2 Å². The van der Waals surface area contributed by atoms with E-state index in [0.717, 1.165) is 0 Å². The van der Waals surface area contributed by atoms with E-state index in [2.05, 4.69) is 83.1 Å². The molecular formula is C36H84O4P4. The van der Waals surface area contributed by atoms with E-state index in [1.165, 1.54) is 114 Å². The Morgan fingerprint density at radius 1 is 0.341 bits per heavy atom. The van der Waals surface area contributed by atoms with Gasteiger partial charge in [0.2, 0.25) is 0 Å². The monoisotopic (exact) mass is 705 g/mol. The molecule has 4 nitrogen and oxygen atoms in total. The quantitative estimate of drug-likeness (QED) is 0.0936. The zero-order chi connectivity index (χ0) is 35.0. The summed E-state index contributed by atoms with van der Waals surface area (Å²) in [5.74, 6) is 0. The molecule has 0 aromatic carbocycles. The Balaban J connectivity index is -0.000000253. The Kier molecular flexibility index (Phi) is 40.7. The number of rotatable bonds is 24. The summed E-state index contributed by atoms with van der Waals surface area (Å²) in [6.07, 6.45) is 35.5. The minimum absolute atomic E-state index is 0.491. The van der Waals surface area contributed by atoms with Crippen molar-refractivity contribution >= 4 is 29.6 Å². The summed E-state index contributed by atoms with van der Waals surface area (Å²) in [5.41, 5.74) is 0. The molecule has 0 aromatic heterocycles. The first-order valence-corrected chi connectivity index (χ1v) is 28.1. The number of unbranched alkanes of at least 4 members (excludes halogenated alkanes) is 6. The van der Waals surface area contributed by atoms with Crippen LogP contribution < -0.4 is 14.7 Å². The van der Waals surface area contributed by atoms with E-state index >= 15 is 0 Å². The van der Waals surface area contributed by atoms with Crippen molar-refractivity contribution < 1.29 is 19.2 Å². The predicted molar refractivity (Wildman–Crippen MR) is 210 cm³/mol. The van der Waals surface area contributed by atoms with Crippen molar-refractivity contribution in [1.29, 1.82) is 0 Å². The van der Waals surface area contributed by atoms with Crippen LogP contribution in [-0.4, -0.2) is 73.9 Å². The van der Waals surface area contributed by atoms with Crippen molar-refractivity contribution in [1.82, 2.24) is 0 Å². The zero-order valence-electron chi connectivity index (χ0n) is 32.4. The summed E-state index contributed by atoms with van der Waals surface area (Å²) in [5, 5.41) is 0. The van der Waals surface area contributed by atoms with E-state index in [9.17, 15) is 0 Å². The Hall–Kier alpha value is 1.40. The Bertz CT molecular complexity index is 496. The third-order valence-electron chi connectivity index (χ3n) is 9.94. The maximum Gasteiger partial charge on any atom is 0.0594 e. The van der Waals surface area contributed by atoms with E-state index < -0.39 is 29.6 Å². The Labute approximate surface area is 282 Å². The molecule has 0 N–H and O–H groups in total. The molecule has 44 heavy (non-hydrogen) atoms. The molecule has 0 saturated carbocycles. The standard InChI is InChI=1S/3C12H28P.H3O4P/c3*1-5-9-11-13(7-3,8-4)12-10-6-2;1-5(2,3)4/h3*5-12H2,1-4H3;(H3,1,2,3,4)/q3*+1;/p-3.